The number of hydrogen-bond acceptors (Lipinski definition) is 6. The largest absolute Gasteiger partial charge is 0.488 e. The topological polar surface area (TPSA) is 70.3 Å². The Balaban J connectivity index is 1.90. The van der Waals surface area contributed by atoms with E-state index in [0.29, 0.717) is 29.9 Å². The summed E-state index contributed by atoms with van der Waals surface area (Å²) in [6.07, 6.45) is 4.23. The minimum Gasteiger partial charge on any atom is -0.488 e. The number of methoxy groups -OCH3 is 1. The van der Waals surface area contributed by atoms with Crippen molar-refractivity contribution in [1.29, 1.82) is 0 Å². The Labute approximate surface area is 142 Å². The molecule has 1 unspecified atom stereocenters. The predicted octanol–water partition coefficient (Wildman–Crippen LogP) is 3.72. The summed E-state index contributed by atoms with van der Waals surface area (Å²) in [6.45, 7) is 8.64. The number of aromatic nitrogens is 3. The van der Waals surface area contributed by atoms with Crippen LogP contribution in [0.5, 0.6) is 5.75 Å². The second kappa shape index (κ2) is 6.51. The summed E-state index contributed by atoms with van der Waals surface area (Å²) in [5.74, 6) is 2.48. The molecule has 0 N–H and O–H groups in total. The lowest BCUT2D eigenvalue weighted by atomic mass is 9.97. The summed E-state index contributed by atoms with van der Waals surface area (Å²) in [4.78, 5) is 9.00. The van der Waals surface area contributed by atoms with Crippen LogP contribution in [0.25, 0.3) is 11.5 Å². The molecule has 0 radical (unpaired) electrons. The van der Waals surface area contributed by atoms with Crippen molar-refractivity contribution in [3.05, 3.63) is 23.7 Å². The standard InChI is InChI=1S/C18H25N3O3/c1-11(10-22-5)23-15-8-14(19-9-13(15)12-6-7-12)16-20-17(24-21-16)18(2,3)4/h8-9,11-12H,6-7,10H2,1-5H3. The van der Waals surface area contributed by atoms with Crippen LogP contribution < -0.4 is 4.74 Å². The van der Waals surface area contributed by atoms with E-state index in [0.717, 1.165) is 11.3 Å². The molecule has 1 fully saturated rings. The fraction of sp³-hybridized carbons (Fsp3) is 0.611. The highest BCUT2D eigenvalue weighted by molar-refractivity contribution is 5.54. The number of hydrogen-bond donors (Lipinski definition) is 0. The van der Waals surface area contributed by atoms with E-state index in [2.05, 4.69) is 15.1 Å². The zero-order chi connectivity index (χ0) is 17.3. The highest BCUT2D eigenvalue weighted by Crippen LogP contribution is 2.44. The van der Waals surface area contributed by atoms with Crippen molar-refractivity contribution in [2.75, 3.05) is 13.7 Å². The summed E-state index contributed by atoms with van der Waals surface area (Å²) in [5.41, 5.74) is 1.63. The molecule has 2 aromatic rings. The van der Waals surface area contributed by atoms with Gasteiger partial charge in [-0.3, -0.25) is 4.98 Å². The van der Waals surface area contributed by atoms with Gasteiger partial charge in [-0.25, -0.2) is 0 Å². The predicted molar refractivity (Wildman–Crippen MR) is 90.2 cm³/mol. The van der Waals surface area contributed by atoms with E-state index in [1.54, 1.807) is 7.11 Å². The maximum absolute atomic E-state index is 6.07. The van der Waals surface area contributed by atoms with Crippen LogP contribution in [0.4, 0.5) is 0 Å². The smallest absolute Gasteiger partial charge is 0.232 e. The molecule has 1 aliphatic carbocycles. The molecule has 6 heteroatoms. The molecule has 1 aliphatic rings. The summed E-state index contributed by atoms with van der Waals surface area (Å²) < 4.78 is 16.6. The van der Waals surface area contributed by atoms with Gasteiger partial charge < -0.3 is 14.0 Å². The minimum atomic E-state index is -0.189. The van der Waals surface area contributed by atoms with Crippen LogP contribution >= 0.6 is 0 Å². The molecule has 24 heavy (non-hydrogen) atoms. The quantitative estimate of drug-likeness (QED) is 0.803. The van der Waals surface area contributed by atoms with Gasteiger partial charge in [-0.2, -0.15) is 4.98 Å². The first-order valence-electron chi connectivity index (χ1n) is 8.38. The lowest BCUT2D eigenvalue weighted by Gasteiger charge is -2.17. The molecule has 1 saturated carbocycles. The fourth-order valence-electron chi connectivity index (χ4n) is 2.49. The zero-order valence-corrected chi connectivity index (χ0v) is 15.0. The number of rotatable bonds is 6. The molecule has 0 amide bonds. The van der Waals surface area contributed by atoms with Crippen LogP contribution in [0.15, 0.2) is 16.8 Å². The first-order valence-corrected chi connectivity index (χ1v) is 8.38. The zero-order valence-electron chi connectivity index (χ0n) is 15.0. The molecule has 130 valence electrons. The van der Waals surface area contributed by atoms with Gasteiger partial charge in [0, 0.05) is 30.4 Å². The number of ether oxygens (including phenoxy) is 2. The second-order valence-corrected chi connectivity index (χ2v) is 7.44. The molecular weight excluding hydrogens is 306 g/mol. The van der Waals surface area contributed by atoms with Gasteiger partial charge in [0.2, 0.25) is 11.7 Å². The Kier molecular flexibility index (Phi) is 4.58. The third kappa shape index (κ3) is 3.75. The van der Waals surface area contributed by atoms with Gasteiger partial charge in [-0.05, 0) is 25.7 Å². The molecule has 0 aromatic carbocycles. The minimum absolute atomic E-state index is 0.0295. The van der Waals surface area contributed by atoms with Gasteiger partial charge in [-0.15, -0.1) is 0 Å². The van der Waals surface area contributed by atoms with Crippen molar-refractivity contribution in [3.63, 3.8) is 0 Å². The summed E-state index contributed by atoms with van der Waals surface area (Å²) in [7, 11) is 1.67. The van der Waals surface area contributed by atoms with Crippen molar-refractivity contribution >= 4 is 0 Å². The van der Waals surface area contributed by atoms with Gasteiger partial charge >= 0.3 is 0 Å². The molecule has 0 spiro atoms. The molecule has 1 atom stereocenters. The van der Waals surface area contributed by atoms with Crippen molar-refractivity contribution in [3.8, 4) is 17.3 Å². The fourth-order valence-corrected chi connectivity index (χ4v) is 2.49. The van der Waals surface area contributed by atoms with E-state index in [9.17, 15) is 0 Å². The van der Waals surface area contributed by atoms with Crippen molar-refractivity contribution < 1.29 is 14.0 Å². The van der Waals surface area contributed by atoms with E-state index in [1.165, 1.54) is 12.8 Å². The van der Waals surface area contributed by atoms with E-state index in [4.69, 9.17) is 14.0 Å². The molecule has 2 heterocycles. The van der Waals surface area contributed by atoms with Crippen molar-refractivity contribution in [2.24, 2.45) is 0 Å². The SMILES string of the molecule is COCC(C)Oc1cc(-c2noc(C(C)(C)C)n2)ncc1C1CC1. The Morgan fingerprint density at radius 1 is 1.33 bits per heavy atom. The molecule has 0 saturated heterocycles. The van der Waals surface area contributed by atoms with E-state index < -0.39 is 0 Å². The van der Waals surface area contributed by atoms with Crippen LogP contribution in [0.2, 0.25) is 0 Å². The monoisotopic (exact) mass is 331 g/mol. The van der Waals surface area contributed by atoms with Crippen molar-refractivity contribution in [1.82, 2.24) is 15.1 Å². The Hall–Kier alpha value is -1.95. The highest BCUT2D eigenvalue weighted by Gasteiger charge is 2.29. The Bertz CT molecular complexity index is 702. The third-order valence-electron chi connectivity index (χ3n) is 3.94. The van der Waals surface area contributed by atoms with Crippen LogP contribution in [0.1, 0.15) is 57.9 Å². The third-order valence-corrected chi connectivity index (χ3v) is 3.94. The van der Waals surface area contributed by atoms with Crippen LogP contribution in [0, 0.1) is 0 Å². The Morgan fingerprint density at radius 3 is 2.67 bits per heavy atom. The van der Waals surface area contributed by atoms with Gasteiger partial charge in [0.15, 0.2) is 0 Å². The van der Waals surface area contributed by atoms with Gasteiger partial charge in [0.1, 0.15) is 17.5 Å². The summed E-state index contributed by atoms with van der Waals surface area (Å²) in [5, 5.41) is 4.07. The maximum Gasteiger partial charge on any atom is 0.232 e. The van der Waals surface area contributed by atoms with Gasteiger partial charge in [0.25, 0.3) is 0 Å². The second-order valence-electron chi connectivity index (χ2n) is 7.44. The molecule has 0 aliphatic heterocycles. The van der Waals surface area contributed by atoms with Crippen LogP contribution in [-0.4, -0.2) is 34.9 Å². The average molecular weight is 331 g/mol. The van der Waals surface area contributed by atoms with Crippen molar-refractivity contribution in [2.45, 2.75) is 58.0 Å². The molecule has 3 rings (SSSR count). The molecule has 6 nitrogen and oxygen atoms in total. The maximum atomic E-state index is 6.07. The Morgan fingerprint density at radius 2 is 2.08 bits per heavy atom. The lowest BCUT2D eigenvalue weighted by molar-refractivity contribution is 0.0914. The highest BCUT2D eigenvalue weighted by atomic mass is 16.5. The van der Waals surface area contributed by atoms with E-state index >= 15 is 0 Å². The first-order chi connectivity index (χ1) is 11.4. The van der Waals surface area contributed by atoms with Crippen LogP contribution in [-0.2, 0) is 10.2 Å². The first kappa shape index (κ1) is 16.9. The average Bonchev–Trinajstić information content (AvgIpc) is 3.21. The molecule has 2 aromatic heterocycles. The van der Waals surface area contributed by atoms with Crippen LogP contribution in [0.3, 0.4) is 0 Å². The van der Waals surface area contributed by atoms with Gasteiger partial charge in [0.05, 0.1) is 6.61 Å². The van der Waals surface area contributed by atoms with E-state index in [1.807, 2.05) is 40.0 Å². The normalized spacial score (nSPS) is 16.2. The van der Waals surface area contributed by atoms with E-state index in [-0.39, 0.29) is 11.5 Å². The summed E-state index contributed by atoms with van der Waals surface area (Å²) in [6, 6.07) is 1.91. The number of nitrogens with zero attached hydrogens (tertiary/aromatic N) is 3. The molecule has 0 bridgehead atoms. The summed E-state index contributed by atoms with van der Waals surface area (Å²) >= 11 is 0. The van der Waals surface area contributed by atoms with Gasteiger partial charge in [-0.1, -0.05) is 25.9 Å². The lowest BCUT2D eigenvalue weighted by Crippen LogP contribution is -2.18. The number of pyridine rings is 1. The molecular formula is C18H25N3O3.